The van der Waals surface area contributed by atoms with Gasteiger partial charge < -0.3 is 15.2 Å². The molecular formula is C27H28N2O2. The van der Waals surface area contributed by atoms with E-state index in [0.29, 0.717) is 6.61 Å². The molecule has 4 heteroatoms. The van der Waals surface area contributed by atoms with Crippen LogP contribution in [-0.2, 0) is 10.3 Å². The first-order valence-corrected chi connectivity index (χ1v) is 10.5. The molecule has 4 nitrogen and oxygen atoms in total. The zero-order valence-electron chi connectivity index (χ0n) is 19.0. The predicted molar refractivity (Wildman–Crippen MR) is 124 cm³/mol. The van der Waals surface area contributed by atoms with Crippen molar-refractivity contribution < 1.29 is 9.47 Å². The van der Waals surface area contributed by atoms with Crippen LogP contribution in [0.4, 0.5) is 0 Å². The zero-order chi connectivity index (χ0) is 22.4. The summed E-state index contributed by atoms with van der Waals surface area (Å²) in [5.41, 5.74) is 8.67. The van der Waals surface area contributed by atoms with E-state index in [1.165, 1.54) is 0 Å². The maximum absolute atomic E-state index is 6.24. The summed E-state index contributed by atoms with van der Waals surface area (Å²) in [6.45, 7) is 12.9. The van der Waals surface area contributed by atoms with Gasteiger partial charge in [-0.05, 0) is 77.9 Å². The van der Waals surface area contributed by atoms with Gasteiger partial charge in [0.05, 0.1) is 0 Å². The lowest BCUT2D eigenvalue weighted by Gasteiger charge is -2.33. The van der Waals surface area contributed by atoms with E-state index in [2.05, 4.69) is 65.2 Å². The topological polar surface area (TPSA) is 56.8 Å². The van der Waals surface area contributed by atoms with Crippen LogP contribution in [-0.4, -0.2) is 12.6 Å². The number of rotatable bonds is 0. The number of fused-ring (bicyclic) bond motifs is 4. The molecule has 1 spiro atoms. The van der Waals surface area contributed by atoms with Crippen molar-refractivity contribution in [2.24, 2.45) is 21.6 Å². The Hall–Kier alpha value is -3.37. The predicted octanol–water partition coefficient (Wildman–Crippen LogP) is 5.18. The molecule has 4 rings (SSSR count). The van der Waals surface area contributed by atoms with Gasteiger partial charge in [-0.3, -0.25) is 0 Å². The molecule has 0 unspecified atom stereocenters. The smallest absolute Gasteiger partial charge is 0.283 e. The first-order valence-electron chi connectivity index (χ1n) is 10.5. The molecule has 2 heterocycles. The summed E-state index contributed by atoms with van der Waals surface area (Å²) < 4.78 is 11.9. The van der Waals surface area contributed by atoms with E-state index in [-0.39, 0.29) is 16.9 Å². The minimum absolute atomic E-state index is 0.0869. The quantitative estimate of drug-likeness (QED) is 0.607. The molecule has 2 aromatic rings. The van der Waals surface area contributed by atoms with Crippen LogP contribution in [0.5, 0.6) is 11.5 Å². The SMILES string of the molecule is CC(C)(C)C#Cc1ccc2c(c1)C1(COC(N)=N1)c1cc(C#CC(C)(C)C)ccc1O2. The molecule has 0 amide bonds. The highest BCUT2D eigenvalue weighted by Gasteiger charge is 2.47. The van der Waals surface area contributed by atoms with Crippen LogP contribution >= 0.6 is 0 Å². The van der Waals surface area contributed by atoms with E-state index in [1.807, 2.05) is 36.4 Å². The fourth-order valence-electron chi connectivity index (χ4n) is 3.53. The maximum Gasteiger partial charge on any atom is 0.283 e. The summed E-state index contributed by atoms with van der Waals surface area (Å²) >= 11 is 0. The Bertz CT molecular complexity index is 1120. The Morgan fingerprint density at radius 3 is 1.71 bits per heavy atom. The van der Waals surface area contributed by atoms with Gasteiger partial charge in [-0.1, -0.05) is 23.7 Å². The number of hydrogen-bond acceptors (Lipinski definition) is 4. The summed E-state index contributed by atoms with van der Waals surface area (Å²) in [5.74, 6) is 14.6. The number of aliphatic imine (C=N–C) groups is 1. The number of nitrogens with two attached hydrogens (primary N) is 1. The fourth-order valence-corrected chi connectivity index (χ4v) is 3.53. The third-order valence-electron chi connectivity index (χ3n) is 4.96. The minimum Gasteiger partial charge on any atom is -0.462 e. The van der Waals surface area contributed by atoms with Crippen molar-refractivity contribution in [2.75, 3.05) is 6.61 Å². The molecule has 31 heavy (non-hydrogen) atoms. The van der Waals surface area contributed by atoms with Crippen LogP contribution in [0.2, 0.25) is 0 Å². The molecule has 2 aromatic carbocycles. The summed E-state index contributed by atoms with van der Waals surface area (Å²) in [6.07, 6.45) is 0. The monoisotopic (exact) mass is 412 g/mol. The first-order chi connectivity index (χ1) is 14.5. The summed E-state index contributed by atoms with van der Waals surface area (Å²) in [4.78, 5) is 4.76. The lowest BCUT2D eigenvalue weighted by atomic mass is 9.80. The molecule has 0 radical (unpaired) electrons. The van der Waals surface area contributed by atoms with Crippen molar-refractivity contribution >= 4 is 6.02 Å². The number of ether oxygens (including phenoxy) is 2. The van der Waals surface area contributed by atoms with E-state index in [4.69, 9.17) is 20.2 Å². The van der Waals surface area contributed by atoms with Gasteiger partial charge in [-0.15, -0.1) is 0 Å². The highest BCUT2D eigenvalue weighted by Crippen LogP contribution is 2.51. The van der Waals surface area contributed by atoms with Crippen LogP contribution in [0.15, 0.2) is 41.4 Å². The van der Waals surface area contributed by atoms with Crippen molar-refractivity contribution in [1.82, 2.24) is 0 Å². The van der Waals surface area contributed by atoms with Crippen LogP contribution in [0.25, 0.3) is 0 Å². The van der Waals surface area contributed by atoms with Crippen LogP contribution < -0.4 is 10.5 Å². The second-order valence-electron chi connectivity index (χ2n) is 10.1. The van der Waals surface area contributed by atoms with Crippen LogP contribution in [0.3, 0.4) is 0 Å². The zero-order valence-corrected chi connectivity index (χ0v) is 19.0. The van der Waals surface area contributed by atoms with E-state index < -0.39 is 5.54 Å². The van der Waals surface area contributed by atoms with Crippen LogP contribution in [0, 0.1) is 34.5 Å². The first kappa shape index (κ1) is 20.9. The second kappa shape index (κ2) is 7.10. The average molecular weight is 413 g/mol. The van der Waals surface area contributed by atoms with Gasteiger partial charge >= 0.3 is 0 Å². The Balaban J connectivity index is 1.87. The van der Waals surface area contributed by atoms with Gasteiger partial charge in [0.25, 0.3) is 6.02 Å². The lowest BCUT2D eigenvalue weighted by Crippen LogP contribution is -2.31. The molecule has 0 atom stereocenters. The third kappa shape index (κ3) is 4.25. The van der Waals surface area contributed by atoms with Gasteiger partial charge in [-0.2, -0.15) is 0 Å². The third-order valence-corrected chi connectivity index (χ3v) is 4.96. The van der Waals surface area contributed by atoms with Crippen molar-refractivity contribution in [3.8, 4) is 35.2 Å². The molecule has 0 aliphatic carbocycles. The molecule has 0 saturated heterocycles. The van der Waals surface area contributed by atoms with Crippen molar-refractivity contribution in [3.63, 3.8) is 0 Å². The molecular weight excluding hydrogens is 384 g/mol. The van der Waals surface area contributed by atoms with E-state index in [1.54, 1.807) is 0 Å². The number of benzene rings is 2. The summed E-state index contributed by atoms with van der Waals surface area (Å²) in [7, 11) is 0. The molecule has 2 N–H and O–H groups in total. The largest absolute Gasteiger partial charge is 0.462 e. The Morgan fingerprint density at radius 1 is 0.839 bits per heavy atom. The van der Waals surface area contributed by atoms with E-state index in [9.17, 15) is 0 Å². The highest BCUT2D eigenvalue weighted by molar-refractivity contribution is 5.77. The number of nitrogens with zero attached hydrogens (tertiary/aromatic N) is 1. The van der Waals surface area contributed by atoms with E-state index >= 15 is 0 Å². The van der Waals surface area contributed by atoms with Crippen LogP contribution in [0.1, 0.15) is 63.8 Å². The second-order valence-corrected chi connectivity index (χ2v) is 10.1. The highest BCUT2D eigenvalue weighted by atomic mass is 16.5. The normalized spacial score (nSPS) is 15.9. The van der Waals surface area contributed by atoms with Gasteiger partial charge in [0.2, 0.25) is 0 Å². The summed E-state index contributed by atoms with van der Waals surface area (Å²) in [6, 6.07) is 12.1. The number of amidine groups is 1. The van der Waals surface area contributed by atoms with Crippen molar-refractivity contribution in [2.45, 2.75) is 47.1 Å². The Morgan fingerprint density at radius 2 is 1.32 bits per heavy atom. The summed E-state index contributed by atoms with van der Waals surface area (Å²) in [5, 5.41) is 0. The molecule has 0 saturated carbocycles. The van der Waals surface area contributed by atoms with Crippen molar-refractivity contribution in [1.29, 1.82) is 0 Å². The number of hydrogen-bond donors (Lipinski definition) is 1. The minimum atomic E-state index is -0.772. The molecule has 0 fully saturated rings. The van der Waals surface area contributed by atoms with Gasteiger partial charge in [-0.25, -0.2) is 4.99 Å². The molecule has 0 aromatic heterocycles. The average Bonchev–Trinajstić information content (AvgIpc) is 3.07. The Kier molecular flexibility index (Phi) is 4.78. The lowest BCUT2D eigenvalue weighted by molar-refractivity contribution is 0.264. The molecule has 158 valence electrons. The van der Waals surface area contributed by atoms with Gasteiger partial charge in [0, 0.05) is 33.1 Å². The van der Waals surface area contributed by atoms with Gasteiger partial charge in [0.15, 0.2) is 5.54 Å². The molecule has 2 aliphatic rings. The maximum atomic E-state index is 6.24. The molecule has 2 aliphatic heterocycles. The fraction of sp³-hybridized carbons (Fsp3) is 0.370. The van der Waals surface area contributed by atoms with Gasteiger partial charge in [0.1, 0.15) is 18.1 Å². The van der Waals surface area contributed by atoms with Crippen molar-refractivity contribution in [3.05, 3.63) is 58.7 Å². The Labute approximate surface area is 184 Å². The molecule has 0 bridgehead atoms. The standard InChI is InChI=1S/C27H28N2O2/c1-25(2,3)13-11-18-7-9-22-20(15-18)27(17-30-24(28)29-27)21-16-19(8-10-23(21)31-22)12-14-26(4,5)6/h7-10,15-16H,17H2,1-6H3,(H2,28,29). The van der Waals surface area contributed by atoms with E-state index in [0.717, 1.165) is 33.8 Å².